The summed E-state index contributed by atoms with van der Waals surface area (Å²) < 4.78 is 9.69. The van der Waals surface area contributed by atoms with Crippen LogP contribution < -0.4 is 0 Å². The first kappa shape index (κ1) is 15.2. The van der Waals surface area contributed by atoms with Crippen LogP contribution in [0.1, 0.15) is 33.1 Å². The van der Waals surface area contributed by atoms with Crippen molar-refractivity contribution in [3.05, 3.63) is 12.2 Å². The Labute approximate surface area is 101 Å². The lowest BCUT2D eigenvalue weighted by Crippen LogP contribution is -2.16. The lowest BCUT2D eigenvalue weighted by molar-refractivity contribution is -0.144. The van der Waals surface area contributed by atoms with Crippen LogP contribution in [0.3, 0.4) is 0 Å². The Hall–Kier alpha value is -1.83. The molecule has 0 aromatic heterocycles. The van der Waals surface area contributed by atoms with Gasteiger partial charge in [0.2, 0.25) is 0 Å². The quantitative estimate of drug-likeness (QED) is 0.384. The maximum Gasteiger partial charge on any atom is 0.348 e. The Morgan fingerprint density at radius 1 is 1.47 bits per heavy atom. The van der Waals surface area contributed by atoms with E-state index in [1.165, 1.54) is 0 Å². The van der Waals surface area contributed by atoms with Gasteiger partial charge in [0.25, 0.3) is 0 Å². The Morgan fingerprint density at radius 3 is 2.65 bits per heavy atom. The summed E-state index contributed by atoms with van der Waals surface area (Å²) in [6.07, 6.45) is 1.08. The van der Waals surface area contributed by atoms with Crippen molar-refractivity contribution in [3.63, 3.8) is 0 Å². The van der Waals surface area contributed by atoms with Gasteiger partial charge in [-0.15, -0.1) is 0 Å². The molecule has 94 valence electrons. The number of hydrogen-bond donors (Lipinski definition) is 0. The molecule has 0 rings (SSSR count). The average Bonchev–Trinajstić information content (AvgIpc) is 2.28. The summed E-state index contributed by atoms with van der Waals surface area (Å²) in [5, 5.41) is 8.41. The molecule has 0 aliphatic rings. The van der Waals surface area contributed by atoms with E-state index in [4.69, 9.17) is 14.7 Å². The van der Waals surface area contributed by atoms with E-state index < -0.39 is 5.97 Å². The number of rotatable bonds is 7. The zero-order valence-electron chi connectivity index (χ0n) is 10.2. The molecule has 0 aromatic rings. The lowest BCUT2D eigenvalue weighted by Gasteiger charge is -2.11. The van der Waals surface area contributed by atoms with Gasteiger partial charge < -0.3 is 9.47 Å². The first-order valence-electron chi connectivity index (χ1n) is 5.46. The Bertz CT molecular complexity index is 330. The fraction of sp³-hybridized carbons (Fsp3) is 0.583. The minimum Gasteiger partial charge on any atom is -0.466 e. The van der Waals surface area contributed by atoms with Crippen LogP contribution in [0.5, 0.6) is 0 Å². The predicted molar refractivity (Wildman–Crippen MR) is 60.8 cm³/mol. The molecule has 1 unspecified atom stereocenters. The number of ether oxygens (including phenoxy) is 2. The standard InChI is InChI=1S/C12H17NO4/c1-4-16-11(14)7-5-6-10(3)17-12(15)9(2)8-13/h10H,2,4-7H2,1,3H3. The maximum absolute atomic E-state index is 11.1. The monoisotopic (exact) mass is 239 g/mol. The number of hydrogen-bond acceptors (Lipinski definition) is 5. The zero-order chi connectivity index (χ0) is 13.3. The van der Waals surface area contributed by atoms with Gasteiger partial charge in [0.1, 0.15) is 11.6 Å². The predicted octanol–water partition coefficient (Wildman–Crippen LogP) is 1.73. The highest BCUT2D eigenvalue weighted by Crippen LogP contribution is 2.07. The van der Waals surface area contributed by atoms with Crippen LogP contribution in [-0.4, -0.2) is 24.6 Å². The number of carbonyl (C=O) groups is 2. The second-order valence-corrected chi connectivity index (χ2v) is 3.50. The third kappa shape index (κ3) is 7.12. The third-order valence-electron chi connectivity index (χ3n) is 1.99. The number of nitriles is 1. The molecule has 0 fully saturated rings. The van der Waals surface area contributed by atoms with Crippen molar-refractivity contribution in [2.75, 3.05) is 6.61 Å². The van der Waals surface area contributed by atoms with Crippen molar-refractivity contribution >= 4 is 11.9 Å². The van der Waals surface area contributed by atoms with Crippen molar-refractivity contribution in [2.24, 2.45) is 0 Å². The third-order valence-corrected chi connectivity index (χ3v) is 1.99. The topological polar surface area (TPSA) is 76.4 Å². The zero-order valence-corrected chi connectivity index (χ0v) is 10.2. The van der Waals surface area contributed by atoms with E-state index in [0.29, 0.717) is 25.9 Å². The number of esters is 2. The summed E-state index contributed by atoms with van der Waals surface area (Å²) in [6, 6.07) is 1.62. The van der Waals surface area contributed by atoms with Crippen molar-refractivity contribution in [1.29, 1.82) is 5.26 Å². The summed E-state index contributed by atoms with van der Waals surface area (Å²) >= 11 is 0. The van der Waals surface area contributed by atoms with E-state index in [0.717, 1.165) is 0 Å². The smallest absolute Gasteiger partial charge is 0.348 e. The van der Waals surface area contributed by atoms with Crippen molar-refractivity contribution in [2.45, 2.75) is 39.2 Å². The van der Waals surface area contributed by atoms with Crippen LogP contribution in [0.15, 0.2) is 12.2 Å². The Balaban J connectivity index is 3.77. The molecule has 17 heavy (non-hydrogen) atoms. The fourth-order valence-electron chi connectivity index (χ4n) is 1.13. The van der Waals surface area contributed by atoms with Gasteiger partial charge in [-0.05, 0) is 26.7 Å². The van der Waals surface area contributed by atoms with Crippen molar-refractivity contribution in [3.8, 4) is 6.07 Å². The van der Waals surface area contributed by atoms with Crippen LogP contribution in [0.4, 0.5) is 0 Å². The van der Waals surface area contributed by atoms with Crippen LogP contribution in [0.25, 0.3) is 0 Å². The molecule has 0 bridgehead atoms. The Kier molecular flexibility index (Phi) is 7.44. The minimum absolute atomic E-state index is 0.220. The van der Waals surface area contributed by atoms with E-state index in [1.54, 1.807) is 19.9 Å². The van der Waals surface area contributed by atoms with Crippen LogP contribution >= 0.6 is 0 Å². The van der Waals surface area contributed by atoms with E-state index in [-0.39, 0.29) is 17.6 Å². The molecule has 0 radical (unpaired) electrons. The molecule has 0 aliphatic carbocycles. The van der Waals surface area contributed by atoms with Gasteiger partial charge in [0.15, 0.2) is 0 Å². The van der Waals surface area contributed by atoms with Gasteiger partial charge in [-0.1, -0.05) is 6.58 Å². The van der Waals surface area contributed by atoms with Gasteiger partial charge >= 0.3 is 11.9 Å². The molecule has 0 aliphatic heterocycles. The van der Waals surface area contributed by atoms with Gasteiger partial charge in [0.05, 0.1) is 12.7 Å². The van der Waals surface area contributed by atoms with Crippen LogP contribution in [0, 0.1) is 11.3 Å². The van der Waals surface area contributed by atoms with Crippen LogP contribution in [-0.2, 0) is 19.1 Å². The molecule has 5 heteroatoms. The number of nitrogens with zero attached hydrogens (tertiary/aromatic N) is 1. The highest BCUT2D eigenvalue weighted by atomic mass is 16.5. The molecular formula is C12H17NO4. The van der Waals surface area contributed by atoms with Crippen molar-refractivity contribution < 1.29 is 19.1 Å². The molecule has 0 spiro atoms. The first-order valence-corrected chi connectivity index (χ1v) is 5.46. The highest BCUT2D eigenvalue weighted by Gasteiger charge is 2.13. The highest BCUT2D eigenvalue weighted by molar-refractivity contribution is 5.91. The molecule has 0 saturated carbocycles. The molecule has 1 atom stereocenters. The second-order valence-electron chi connectivity index (χ2n) is 3.50. The van der Waals surface area contributed by atoms with Gasteiger partial charge in [-0.3, -0.25) is 4.79 Å². The summed E-state index contributed by atoms with van der Waals surface area (Å²) in [7, 11) is 0. The van der Waals surface area contributed by atoms with Crippen LogP contribution in [0.2, 0.25) is 0 Å². The van der Waals surface area contributed by atoms with E-state index in [9.17, 15) is 9.59 Å². The van der Waals surface area contributed by atoms with E-state index >= 15 is 0 Å². The normalized spacial score (nSPS) is 11.1. The molecule has 0 aromatic carbocycles. The second kappa shape index (κ2) is 8.34. The molecule has 0 amide bonds. The molecule has 0 N–H and O–H groups in total. The van der Waals surface area contributed by atoms with Gasteiger partial charge in [0, 0.05) is 6.42 Å². The summed E-state index contributed by atoms with van der Waals surface area (Å²) in [6.45, 7) is 7.06. The van der Waals surface area contributed by atoms with E-state index in [1.807, 2.05) is 0 Å². The maximum atomic E-state index is 11.1. The van der Waals surface area contributed by atoms with Gasteiger partial charge in [-0.2, -0.15) is 5.26 Å². The molecule has 0 saturated heterocycles. The summed E-state index contributed by atoms with van der Waals surface area (Å²) in [4.78, 5) is 22.2. The molecular weight excluding hydrogens is 222 g/mol. The van der Waals surface area contributed by atoms with Crippen molar-refractivity contribution in [1.82, 2.24) is 0 Å². The van der Waals surface area contributed by atoms with E-state index in [2.05, 4.69) is 6.58 Å². The summed E-state index contributed by atoms with van der Waals surface area (Å²) in [5.41, 5.74) is -0.220. The number of carbonyl (C=O) groups excluding carboxylic acids is 2. The molecule has 5 nitrogen and oxygen atoms in total. The lowest BCUT2D eigenvalue weighted by atomic mass is 10.2. The molecule has 0 heterocycles. The average molecular weight is 239 g/mol. The minimum atomic E-state index is -0.712. The first-order chi connectivity index (χ1) is 8.01. The SMILES string of the molecule is C=C(C#N)C(=O)OC(C)CCCC(=O)OCC. The Morgan fingerprint density at radius 2 is 2.12 bits per heavy atom. The largest absolute Gasteiger partial charge is 0.466 e. The van der Waals surface area contributed by atoms with Gasteiger partial charge in [-0.25, -0.2) is 4.79 Å². The summed E-state index contributed by atoms with van der Waals surface area (Å²) in [5.74, 6) is -0.969. The fourth-order valence-corrected chi connectivity index (χ4v) is 1.13.